The van der Waals surface area contributed by atoms with Crippen LogP contribution in [0.3, 0.4) is 0 Å². The van der Waals surface area contributed by atoms with Crippen LogP contribution < -0.4 is 5.32 Å². The van der Waals surface area contributed by atoms with E-state index in [0.29, 0.717) is 6.54 Å². The van der Waals surface area contributed by atoms with Crippen molar-refractivity contribution in [3.63, 3.8) is 0 Å². The van der Waals surface area contributed by atoms with Crippen molar-refractivity contribution >= 4 is 29.9 Å². The lowest BCUT2D eigenvalue weighted by Gasteiger charge is -2.36. The van der Waals surface area contributed by atoms with Gasteiger partial charge in [-0.1, -0.05) is 29.4 Å². The lowest BCUT2D eigenvalue weighted by molar-refractivity contribution is 0.0341. The quantitative estimate of drug-likeness (QED) is 0.321. The van der Waals surface area contributed by atoms with Gasteiger partial charge in [0.15, 0.2) is 5.96 Å². The first-order valence-electron chi connectivity index (χ1n) is 11.3. The number of halogens is 1. The lowest BCUT2D eigenvalue weighted by Crippen LogP contribution is -2.52. The highest BCUT2D eigenvalue weighted by atomic mass is 127. The Morgan fingerprint density at radius 2 is 1.69 bits per heavy atom. The normalized spacial score (nSPS) is 18.4. The Kier molecular flexibility index (Phi) is 10.2. The van der Waals surface area contributed by atoms with E-state index in [-0.39, 0.29) is 24.0 Å². The standard InChI is InChI=1S/C23H34N6O2.HI/c1-2-24-23(29-10-8-27(9-11-29)19-22-7-14-31-26-22)25-17-20-5-3-4-6-21(20)18-28-12-15-30-16-13-28;/h3-7,14H,2,8-13,15-19H2,1H3,(H,24,25);1H. The van der Waals surface area contributed by atoms with Gasteiger partial charge in [0.2, 0.25) is 0 Å². The van der Waals surface area contributed by atoms with Gasteiger partial charge in [-0.2, -0.15) is 0 Å². The van der Waals surface area contributed by atoms with E-state index in [1.807, 2.05) is 6.07 Å². The van der Waals surface area contributed by atoms with Crippen molar-refractivity contribution in [2.75, 3.05) is 59.0 Å². The molecule has 3 heterocycles. The summed E-state index contributed by atoms with van der Waals surface area (Å²) in [6, 6.07) is 10.6. The van der Waals surface area contributed by atoms with Gasteiger partial charge in [-0.05, 0) is 18.1 Å². The summed E-state index contributed by atoms with van der Waals surface area (Å²) >= 11 is 0. The van der Waals surface area contributed by atoms with Gasteiger partial charge in [0.1, 0.15) is 6.26 Å². The molecule has 4 rings (SSSR count). The smallest absolute Gasteiger partial charge is 0.194 e. The first-order chi connectivity index (χ1) is 15.3. The zero-order valence-corrected chi connectivity index (χ0v) is 21.2. The minimum atomic E-state index is 0. The van der Waals surface area contributed by atoms with Crippen LogP contribution in [0, 0.1) is 0 Å². The lowest BCUT2D eigenvalue weighted by atomic mass is 10.1. The van der Waals surface area contributed by atoms with E-state index in [0.717, 1.165) is 83.8 Å². The summed E-state index contributed by atoms with van der Waals surface area (Å²) in [6.07, 6.45) is 1.64. The Morgan fingerprint density at radius 3 is 2.38 bits per heavy atom. The number of morpholine rings is 1. The van der Waals surface area contributed by atoms with Gasteiger partial charge in [0, 0.05) is 65.0 Å². The van der Waals surface area contributed by atoms with Crippen molar-refractivity contribution in [2.45, 2.75) is 26.6 Å². The summed E-state index contributed by atoms with van der Waals surface area (Å²) in [7, 11) is 0. The predicted molar refractivity (Wildman–Crippen MR) is 136 cm³/mol. The minimum Gasteiger partial charge on any atom is -0.379 e. The molecule has 2 aliphatic heterocycles. The highest BCUT2D eigenvalue weighted by molar-refractivity contribution is 14.0. The predicted octanol–water partition coefficient (Wildman–Crippen LogP) is 2.41. The summed E-state index contributed by atoms with van der Waals surface area (Å²) in [5.74, 6) is 1.00. The molecule has 2 saturated heterocycles. The zero-order chi connectivity index (χ0) is 21.3. The van der Waals surface area contributed by atoms with Gasteiger partial charge < -0.3 is 19.5 Å². The fourth-order valence-corrected chi connectivity index (χ4v) is 4.12. The van der Waals surface area contributed by atoms with Gasteiger partial charge in [-0.3, -0.25) is 9.80 Å². The second kappa shape index (κ2) is 13.1. The fourth-order valence-electron chi connectivity index (χ4n) is 4.12. The van der Waals surface area contributed by atoms with Crippen LogP contribution >= 0.6 is 24.0 Å². The molecule has 1 aromatic carbocycles. The number of hydrogen-bond donors (Lipinski definition) is 1. The van der Waals surface area contributed by atoms with Crippen LogP contribution in [0.1, 0.15) is 23.7 Å². The molecule has 2 fully saturated rings. The number of guanidine groups is 1. The van der Waals surface area contributed by atoms with Crippen molar-refractivity contribution in [3.8, 4) is 0 Å². The molecule has 0 radical (unpaired) electrons. The minimum absolute atomic E-state index is 0. The van der Waals surface area contributed by atoms with Gasteiger partial charge in [-0.15, -0.1) is 24.0 Å². The van der Waals surface area contributed by atoms with E-state index >= 15 is 0 Å². The number of rotatable bonds is 7. The van der Waals surface area contributed by atoms with Gasteiger partial charge in [0.25, 0.3) is 0 Å². The Morgan fingerprint density at radius 1 is 0.969 bits per heavy atom. The van der Waals surface area contributed by atoms with Gasteiger partial charge in [0.05, 0.1) is 25.5 Å². The number of nitrogens with zero attached hydrogens (tertiary/aromatic N) is 5. The molecule has 0 spiro atoms. The topological polar surface area (TPSA) is 69.4 Å². The van der Waals surface area contributed by atoms with Crippen LogP contribution in [0.5, 0.6) is 0 Å². The summed E-state index contributed by atoms with van der Waals surface area (Å²) < 4.78 is 10.4. The molecule has 0 amide bonds. The highest BCUT2D eigenvalue weighted by Crippen LogP contribution is 2.15. The number of benzene rings is 1. The first-order valence-corrected chi connectivity index (χ1v) is 11.3. The molecule has 0 aliphatic carbocycles. The fraction of sp³-hybridized carbons (Fsp3) is 0.565. The molecule has 1 aromatic heterocycles. The number of hydrogen-bond acceptors (Lipinski definition) is 6. The van der Waals surface area contributed by atoms with E-state index < -0.39 is 0 Å². The first kappa shape index (κ1) is 24.9. The Balaban J connectivity index is 0.00000289. The van der Waals surface area contributed by atoms with Crippen LogP contribution in [0.4, 0.5) is 0 Å². The van der Waals surface area contributed by atoms with E-state index in [9.17, 15) is 0 Å². The van der Waals surface area contributed by atoms with Crippen molar-refractivity contribution in [1.82, 2.24) is 25.2 Å². The van der Waals surface area contributed by atoms with Crippen molar-refractivity contribution in [3.05, 3.63) is 53.4 Å². The molecule has 2 aromatic rings. The molecule has 0 unspecified atom stereocenters. The number of aromatic nitrogens is 1. The van der Waals surface area contributed by atoms with E-state index in [1.54, 1.807) is 6.26 Å². The molecule has 176 valence electrons. The summed E-state index contributed by atoms with van der Waals surface area (Å²) in [4.78, 5) is 12.2. The zero-order valence-electron chi connectivity index (χ0n) is 18.9. The van der Waals surface area contributed by atoms with Crippen LogP contribution in [-0.4, -0.2) is 84.8 Å². The maximum atomic E-state index is 5.49. The Bertz CT molecular complexity index is 818. The van der Waals surface area contributed by atoms with E-state index in [1.165, 1.54) is 11.1 Å². The molecule has 9 heteroatoms. The average Bonchev–Trinajstić information content (AvgIpc) is 3.32. The van der Waals surface area contributed by atoms with Gasteiger partial charge >= 0.3 is 0 Å². The molecular formula is C23H35IN6O2. The third-order valence-electron chi connectivity index (χ3n) is 5.90. The monoisotopic (exact) mass is 554 g/mol. The molecule has 32 heavy (non-hydrogen) atoms. The second-order valence-corrected chi connectivity index (χ2v) is 8.08. The van der Waals surface area contributed by atoms with Crippen LogP contribution in [0.15, 0.2) is 46.1 Å². The number of aliphatic imine (C=N–C) groups is 1. The van der Waals surface area contributed by atoms with Crippen LogP contribution in [0.25, 0.3) is 0 Å². The van der Waals surface area contributed by atoms with E-state index in [2.05, 4.69) is 56.4 Å². The molecule has 2 aliphatic rings. The Hall–Kier alpha value is -1.69. The average molecular weight is 554 g/mol. The highest BCUT2D eigenvalue weighted by Gasteiger charge is 2.20. The van der Waals surface area contributed by atoms with Crippen molar-refractivity contribution in [2.24, 2.45) is 4.99 Å². The number of piperazine rings is 1. The maximum absolute atomic E-state index is 5.49. The number of ether oxygens (including phenoxy) is 1. The van der Waals surface area contributed by atoms with Crippen molar-refractivity contribution in [1.29, 1.82) is 0 Å². The SMILES string of the molecule is CCNC(=NCc1ccccc1CN1CCOCC1)N1CCN(Cc2ccon2)CC1.I. The summed E-state index contributed by atoms with van der Waals surface area (Å²) in [6.45, 7) is 13.0. The largest absolute Gasteiger partial charge is 0.379 e. The molecule has 1 N–H and O–H groups in total. The van der Waals surface area contributed by atoms with Crippen molar-refractivity contribution < 1.29 is 9.26 Å². The Labute approximate surface area is 208 Å². The second-order valence-electron chi connectivity index (χ2n) is 8.08. The molecule has 0 atom stereocenters. The molecular weight excluding hydrogens is 519 g/mol. The maximum Gasteiger partial charge on any atom is 0.194 e. The third-order valence-corrected chi connectivity index (χ3v) is 5.90. The van der Waals surface area contributed by atoms with Crippen LogP contribution in [-0.2, 0) is 24.4 Å². The summed E-state index contributed by atoms with van der Waals surface area (Å²) in [5, 5.41) is 7.52. The number of nitrogens with one attached hydrogen (secondary N) is 1. The molecule has 0 saturated carbocycles. The van der Waals surface area contributed by atoms with Crippen LogP contribution in [0.2, 0.25) is 0 Å². The summed E-state index contributed by atoms with van der Waals surface area (Å²) in [5.41, 5.74) is 3.65. The van der Waals surface area contributed by atoms with E-state index in [4.69, 9.17) is 14.3 Å². The molecule has 0 bridgehead atoms. The third kappa shape index (κ3) is 7.16. The van der Waals surface area contributed by atoms with Gasteiger partial charge in [-0.25, -0.2) is 4.99 Å². The molecule has 8 nitrogen and oxygen atoms in total.